The van der Waals surface area contributed by atoms with E-state index in [0.29, 0.717) is 0 Å². The summed E-state index contributed by atoms with van der Waals surface area (Å²) >= 11 is 0. The molecule has 5 atom stereocenters. The highest BCUT2D eigenvalue weighted by Gasteiger charge is 2.51. The monoisotopic (exact) mass is 168 g/mol. The van der Waals surface area contributed by atoms with Crippen molar-refractivity contribution in [1.29, 1.82) is 0 Å². The molecule has 0 heterocycles. The van der Waals surface area contributed by atoms with Crippen LogP contribution in [0.25, 0.3) is 0 Å². The van der Waals surface area contributed by atoms with E-state index < -0.39 is 0 Å². The number of rotatable bonds is 1. The molecule has 1 heteroatoms. The molecule has 2 unspecified atom stereocenters. The molecule has 0 amide bonds. The zero-order chi connectivity index (χ0) is 8.88. The van der Waals surface area contributed by atoms with Gasteiger partial charge in [-0.25, -0.2) is 0 Å². The molecule has 2 bridgehead atoms. The van der Waals surface area contributed by atoms with Gasteiger partial charge in [0.05, 0.1) is 20.1 Å². The number of quaternary nitrogens is 1. The highest BCUT2D eigenvalue weighted by Crippen LogP contribution is 2.50. The predicted molar refractivity (Wildman–Crippen MR) is 51.1 cm³/mol. The van der Waals surface area contributed by atoms with Crippen LogP contribution in [0.1, 0.15) is 26.7 Å². The highest BCUT2D eigenvalue weighted by atomic mass is 15.1. The van der Waals surface area contributed by atoms with Crippen LogP contribution in [0.5, 0.6) is 0 Å². The van der Waals surface area contributed by atoms with Gasteiger partial charge in [0.2, 0.25) is 0 Å². The number of fused-ring (bicyclic) bond motifs is 2. The zero-order valence-corrected chi connectivity index (χ0v) is 8.80. The van der Waals surface area contributed by atoms with Gasteiger partial charge in [-0.2, -0.15) is 0 Å². The maximum atomic E-state index is 2.46. The smallest absolute Gasteiger partial charge is 0.0904 e. The standard InChI is InChI=1S/C11H21N/c1-7-8(2)10-5-9(7)6-11(10)12(3)4/h7-11H,5-6H2,1-4H3/p+1/t7-,8+,9?,10?,11+/m0/s1. The first-order chi connectivity index (χ1) is 5.61. The Morgan fingerprint density at radius 2 is 1.67 bits per heavy atom. The van der Waals surface area contributed by atoms with Crippen LogP contribution in [0.2, 0.25) is 0 Å². The van der Waals surface area contributed by atoms with Crippen LogP contribution >= 0.6 is 0 Å². The molecule has 0 aromatic carbocycles. The minimum atomic E-state index is 0.973. The normalized spacial score (nSPS) is 52.2. The number of hydrogen-bond acceptors (Lipinski definition) is 0. The lowest BCUT2D eigenvalue weighted by atomic mass is 9.79. The summed E-state index contributed by atoms with van der Waals surface area (Å²) in [6, 6.07) is 0.973. The average molecular weight is 168 g/mol. The Balaban J connectivity index is 2.10. The lowest BCUT2D eigenvalue weighted by Gasteiger charge is -2.33. The van der Waals surface area contributed by atoms with Gasteiger partial charge in [0.1, 0.15) is 0 Å². The molecule has 2 fully saturated rings. The van der Waals surface area contributed by atoms with E-state index in [0.717, 1.165) is 29.7 Å². The first-order valence-corrected chi connectivity index (χ1v) is 5.41. The van der Waals surface area contributed by atoms with E-state index in [1.807, 2.05) is 0 Å². The van der Waals surface area contributed by atoms with Crippen LogP contribution in [0.15, 0.2) is 0 Å². The molecular weight excluding hydrogens is 146 g/mol. The molecule has 2 rings (SSSR count). The minimum Gasteiger partial charge on any atom is -0.337 e. The first-order valence-electron chi connectivity index (χ1n) is 5.41. The maximum absolute atomic E-state index is 2.46. The molecule has 1 nitrogen and oxygen atoms in total. The predicted octanol–water partition coefficient (Wildman–Crippen LogP) is 0.811. The van der Waals surface area contributed by atoms with E-state index in [4.69, 9.17) is 0 Å². The molecule has 2 saturated carbocycles. The zero-order valence-electron chi connectivity index (χ0n) is 8.80. The molecule has 12 heavy (non-hydrogen) atoms. The summed E-state index contributed by atoms with van der Waals surface area (Å²) in [4.78, 5) is 1.68. The highest BCUT2D eigenvalue weighted by molar-refractivity contribution is 4.97. The van der Waals surface area contributed by atoms with E-state index in [9.17, 15) is 0 Å². The van der Waals surface area contributed by atoms with Gasteiger partial charge in [0.15, 0.2) is 0 Å². The fourth-order valence-corrected chi connectivity index (χ4v) is 3.60. The van der Waals surface area contributed by atoms with E-state index in [2.05, 4.69) is 27.9 Å². The Hall–Kier alpha value is -0.0400. The molecule has 0 saturated heterocycles. The largest absolute Gasteiger partial charge is 0.337 e. The molecule has 2 aliphatic rings. The lowest BCUT2D eigenvalue weighted by Crippen LogP contribution is -3.10. The summed E-state index contributed by atoms with van der Waals surface area (Å²) in [5, 5.41) is 0. The Morgan fingerprint density at radius 3 is 2.08 bits per heavy atom. The van der Waals surface area contributed by atoms with Crippen LogP contribution in [0.4, 0.5) is 0 Å². The molecule has 0 spiro atoms. The molecule has 70 valence electrons. The third kappa shape index (κ3) is 1.02. The second-order valence-electron chi connectivity index (χ2n) is 5.30. The summed E-state index contributed by atoms with van der Waals surface area (Å²) < 4.78 is 0. The number of nitrogens with one attached hydrogen (secondary N) is 1. The van der Waals surface area contributed by atoms with Gasteiger partial charge in [-0.1, -0.05) is 13.8 Å². The fourth-order valence-electron chi connectivity index (χ4n) is 3.60. The van der Waals surface area contributed by atoms with E-state index in [1.165, 1.54) is 12.8 Å². The Bertz CT molecular complexity index is 174. The number of hydrogen-bond donors (Lipinski definition) is 1. The first kappa shape index (κ1) is 8.55. The SMILES string of the molecule is C[C@@H]1C2CC([C@H]([NH+](C)C)C2)[C@@H]1C. The van der Waals surface area contributed by atoms with Gasteiger partial charge in [-0.05, 0) is 24.2 Å². The van der Waals surface area contributed by atoms with Gasteiger partial charge in [-0.3, -0.25) is 0 Å². The van der Waals surface area contributed by atoms with Crippen molar-refractivity contribution in [3.63, 3.8) is 0 Å². The van der Waals surface area contributed by atoms with Crippen molar-refractivity contribution < 1.29 is 4.90 Å². The third-order valence-electron chi connectivity index (χ3n) is 4.64. The quantitative estimate of drug-likeness (QED) is 0.591. The van der Waals surface area contributed by atoms with Crippen LogP contribution in [-0.4, -0.2) is 20.1 Å². The van der Waals surface area contributed by atoms with Crippen LogP contribution in [0.3, 0.4) is 0 Å². The van der Waals surface area contributed by atoms with Gasteiger partial charge < -0.3 is 4.90 Å². The average Bonchev–Trinajstić information content (AvgIpc) is 2.53. The molecule has 0 radical (unpaired) electrons. The maximum Gasteiger partial charge on any atom is 0.0904 e. The molecule has 2 aliphatic carbocycles. The van der Waals surface area contributed by atoms with Gasteiger partial charge in [-0.15, -0.1) is 0 Å². The van der Waals surface area contributed by atoms with Crippen molar-refractivity contribution in [2.75, 3.05) is 14.1 Å². The molecule has 0 aromatic heterocycles. The van der Waals surface area contributed by atoms with Crippen molar-refractivity contribution in [1.82, 2.24) is 0 Å². The third-order valence-corrected chi connectivity index (χ3v) is 4.64. The fraction of sp³-hybridized carbons (Fsp3) is 1.00. The van der Waals surface area contributed by atoms with Crippen LogP contribution in [-0.2, 0) is 0 Å². The van der Waals surface area contributed by atoms with Gasteiger partial charge in [0, 0.05) is 12.3 Å². The molecule has 0 aromatic rings. The molecule has 1 N–H and O–H groups in total. The van der Waals surface area contributed by atoms with Crippen molar-refractivity contribution in [2.45, 2.75) is 32.7 Å². The minimum absolute atomic E-state index is 0.973. The summed E-state index contributed by atoms with van der Waals surface area (Å²) in [5.41, 5.74) is 0. The van der Waals surface area contributed by atoms with E-state index in [1.54, 1.807) is 4.90 Å². The van der Waals surface area contributed by atoms with Crippen molar-refractivity contribution >= 4 is 0 Å². The van der Waals surface area contributed by atoms with Gasteiger partial charge in [0.25, 0.3) is 0 Å². The Labute approximate surface area is 76.1 Å². The van der Waals surface area contributed by atoms with E-state index in [-0.39, 0.29) is 0 Å². The summed E-state index contributed by atoms with van der Waals surface area (Å²) in [7, 11) is 4.64. The van der Waals surface area contributed by atoms with Gasteiger partial charge >= 0.3 is 0 Å². The lowest BCUT2D eigenvalue weighted by molar-refractivity contribution is -0.890. The second kappa shape index (κ2) is 2.73. The second-order valence-corrected chi connectivity index (χ2v) is 5.30. The van der Waals surface area contributed by atoms with Crippen LogP contribution in [0, 0.1) is 23.7 Å². The Morgan fingerprint density at radius 1 is 1.00 bits per heavy atom. The molecular formula is C11H22N+. The summed E-state index contributed by atoms with van der Waals surface area (Å²) in [6.07, 6.45) is 3.02. The molecule has 0 aliphatic heterocycles. The Kier molecular flexibility index (Phi) is 1.95. The topological polar surface area (TPSA) is 4.44 Å². The summed E-state index contributed by atoms with van der Waals surface area (Å²) in [5.74, 6) is 4.09. The summed E-state index contributed by atoms with van der Waals surface area (Å²) in [6.45, 7) is 4.92. The van der Waals surface area contributed by atoms with Crippen molar-refractivity contribution in [3.05, 3.63) is 0 Å². The van der Waals surface area contributed by atoms with Crippen molar-refractivity contribution in [2.24, 2.45) is 23.7 Å². The van der Waals surface area contributed by atoms with E-state index >= 15 is 0 Å². The van der Waals surface area contributed by atoms with Crippen molar-refractivity contribution in [3.8, 4) is 0 Å². The van der Waals surface area contributed by atoms with Crippen LogP contribution < -0.4 is 4.90 Å².